The van der Waals surface area contributed by atoms with Crippen molar-refractivity contribution in [1.82, 2.24) is 4.90 Å². The maximum Gasteiger partial charge on any atom is 0.223 e. The van der Waals surface area contributed by atoms with Gasteiger partial charge in [0.2, 0.25) is 5.91 Å². The minimum atomic E-state index is -0.403. The summed E-state index contributed by atoms with van der Waals surface area (Å²) in [6, 6.07) is 6.16. The lowest BCUT2D eigenvalue weighted by molar-refractivity contribution is -0.131. The molecule has 1 atom stereocenters. The Kier molecular flexibility index (Phi) is 5.40. The van der Waals surface area contributed by atoms with E-state index in [0.29, 0.717) is 18.9 Å². The molecule has 1 aliphatic heterocycles. The van der Waals surface area contributed by atoms with Crippen LogP contribution in [0.4, 0.5) is 0 Å². The first-order valence-corrected chi connectivity index (χ1v) is 8.08. The van der Waals surface area contributed by atoms with Crippen molar-refractivity contribution in [3.8, 4) is 0 Å². The molecule has 3 nitrogen and oxygen atoms in total. The average Bonchev–Trinajstić information content (AvgIpc) is 2.86. The summed E-state index contributed by atoms with van der Waals surface area (Å²) in [5.41, 5.74) is 3.39. The molecule has 1 amide bonds. The van der Waals surface area contributed by atoms with E-state index in [9.17, 15) is 9.90 Å². The minimum absolute atomic E-state index is 0.248. The summed E-state index contributed by atoms with van der Waals surface area (Å²) < 4.78 is 0. The monoisotopic (exact) mass is 289 g/mol. The lowest BCUT2D eigenvalue weighted by Gasteiger charge is -2.15. The average molecular weight is 289 g/mol. The van der Waals surface area contributed by atoms with Gasteiger partial charge in [0.1, 0.15) is 0 Å². The second-order valence-electron chi connectivity index (χ2n) is 6.53. The van der Waals surface area contributed by atoms with Gasteiger partial charge in [-0.15, -0.1) is 0 Å². The number of aliphatic hydroxyl groups excluding tert-OH is 1. The van der Waals surface area contributed by atoms with Crippen molar-refractivity contribution in [2.45, 2.75) is 65.6 Å². The number of carbonyl (C=O) groups is 1. The molecular formula is C18H27NO2. The molecule has 2 rings (SSSR count). The molecule has 21 heavy (non-hydrogen) atoms. The fourth-order valence-electron chi connectivity index (χ4n) is 2.87. The molecule has 0 saturated heterocycles. The molecule has 0 spiro atoms. The van der Waals surface area contributed by atoms with E-state index in [1.54, 1.807) is 0 Å². The van der Waals surface area contributed by atoms with E-state index in [2.05, 4.69) is 32.9 Å². The molecule has 1 N–H and O–H groups in total. The molecule has 0 bridgehead atoms. The van der Waals surface area contributed by atoms with Crippen LogP contribution in [0.1, 0.15) is 69.2 Å². The van der Waals surface area contributed by atoms with Crippen LogP contribution in [0.5, 0.6) is 0 Å². The zero-order valence-corrected chi connectivity index (χ0v) is 13.4. The Balaban J connectivity index is 2.03. The SMILES string of the molecule is CCCCC(=O)N1Cc2ccc(C(O)CC(C)C)cc2C1. The summed E-state index contributed by atoms with van der Waals surface area (Å²) in [6.45, 7) is 7.75. The van der Waals surface area contributed by atoms with E-state index >= 15 is 0 Å². The Labute approximate surface area is 128 Å². The first-order valence-electron chi connectivity index (χ1n) is 8.08. The van der Waals surface area contributed by atoms with Crippen LogP contribution >= 0.6 is 0 Å². The Morgan fingerprint density at radius 2 is 2.00 bits per heavy atom. The summed E-state index contributed by atoms with van der Waals surface area (Å²) in [4.78, 5) is 14.0. The normalized spacial score (nSPS) is 15.4. The number of nitrogens with zero attached hydrogens (tertiary/aromatic N) is 1. The lowest BCUT2D eigenvalue weighted by Crippen LogP contribution is -2.24. The molecular weight excluding hydrogens is 262 g/mol. The van der Waals surface area contributed by atoms with Gasteiger partial charge in [0.25, 0.3) is 0 Å². The molecule has 1 heterocycles. The zero-order chi connectivity index (χ0) is 15.4. The van der Waals surface area contributed by atoms with Crippen molar-refractivity contribution in [1.29, 1.82) is 0 Å². The van der Waals surface area contributed by atoms with Gasteiger partial charge in [0, 0.05) is 19.5 Å². The smallest absolute Gasteiger partial charge is 0.223 e. The fraction of sp³-hybridized carbons (Fsp3) is 0.611. The second-order valence-corrected chi connectivity index (χ2v) is 6.53. The van der Waals surface area contributed by atoms with Gasteiger partial charge >= 0.3 is 0 Å². The van der Waals surface area contributed by atoms with Gasteiger partial charge in [-0.25, -0.2) is 0 Å². The van der Waals surface area contributed by atoms with E-state index in [0.717, 1.165) is 31.4 Å². The molecule has 0 radical (unpaired) electrons. The lowest BCUT2D eigenvalue weighted by atomic mass is 9.97. The van der Waals surface area contributed by atoms with Crippen molar-refractivity contribution < 1.29 is 9.90 Å². The number of fused-ring (bicyclic) bond motifs is 1. The molecule has 116 valence electrons. The third-order valence-corrected chi connectivity index (χ3v) is 4.13. The predicted molar refractivity (Wildman–Crippen MR) is 84.6 cm³/mol. The third-order valence-electron chi connectivity index (χ3n) is 4.13. The zero-order valence-electron chi connectivity index (χ0n) is 13.4. The van der Waals surface area contributed by atoms with E-state index in [4.69, 9.17) is 0 Å². The third kappa shape index (κ3) is 4.07. The minimum Gasteiger partial charge on any atom is -0.388 e. The maximum atomic E-state index is 12.1. The Hall–Kier alpha value is -1.35. The van der Waals surface area contributed by atoms with E-state index in [1.165, 1.54) is 11.1 Å². The van der Waals surface area contributed by atoms with Gasteiger partial charge in [-0.2, -0.15) is 0 Å². The first-order chi connectivity index (χ1) is 10.0. The number of benzene rings is 1. The molecule has 1 unspecified atom stereocenters. The molecule has 1 aromatic carbocycles. The number of amides is 1. The van der Waals surface area contributed by atoms with Crippen molar-refractivity contribution in [2.75, 3.05) is 0 Å². The van der Waals surface area contributed by atoms with E-state index in [1.807, 2.05) is 11.0 Å². The highest BCUT2D eigenvalue weighted by atomic mass is 16.3. The van der Waals surface area contributed by atoms with Crippen LogP contribution in [0, 0.1) is 5.92 Å². The van der Waals surface area contributed by atoms with Crippen LogP contribution in [0.3, 0.4) is 0 Å². The van der Waals surface area contributed by atoms with Crippen molar-refractivity contribution in [2.24, 2.45) is 5.92 Å². The van der Waals surface area contributed by atoms with Crippen molar-refractivity contribution >= 4 is 5.91 Å². The Morgan fingerprint density at radius 3 is 2.67 bits per heavy atom. The Bertz CT molecular complexity index is 496. The van der Waals surface area contributed by atoms with Gasteiger partial charge in [0.15, 0.2) is 0 Å². The van der Waals surface area contributed by atoms with Crippen LogP contribution in [-0.2, 0) is 17.9 Å². The second kappa shape index (κ2) is 7.08. The predicted octanol–water partition coefficient (Wildman–Crippen LogP) is 3.80. The molecule has 1 aromatic rings. The number of unbranched alkanes of at least 4 members (excludes halogenated alkanes) is 1. The highest BCUT2D eigenvalue weighted by molar-refractivity contribution is 5.77. The standard InChI is InChI=1S/C18H27NO2/c1-4-5-6-18(21)19-11-15-8-7-14(10-16(15)12-19)17(20)9-13(2)3/h7-8,10,13,17,20H,4-6,9,11-12H2,1-3H3. The highest BCUT2D eigenvalue weighted by Crippen LogP contribution is 2.28. The molecule has 1 aliphatic rings. The van der Waals surface area contributed by atoms with Gasteiger partial charge < -0.3 is 10.0 Å². The van der Waals surface area contributed by atoms with Crippen LogP contribution in [0.2, 0.25) is 0 Å². The van der Waals surface area contributed by atoms with Crippen LogP contribution < -0.4 is 0 Å². The number of rotatable bonds is 6. The summed E-state index contributed by atoms with van der Waals surface area (Å²) >= 11 is 0. The summed E-state index contributed by atoms with van der Waals surface area (Å²) in [7, 11) is 0. The van der Waals surface area contributed by atoms with Gasteiger partial charge in [-0.3, -0.25) is 4.79 Å². The van der Waals surface area contributed by atoms with Crippen LogP contribution in [0.15, 0.2) is 18.2 Å². The number of hydrogen-bond donors (Lipinski definition) is 1. The molecule has 0 fully saturated rings. The molecule has 0 saturated carbocycles. The molecule has 0 aliphatic carbocycles. The summed E-state index contributed by atoms with van der Waals surface area (Å²) in [5.74, 6) is 0.720. The fourth-order valence-corrected chi connectivity index (χ4v) is 2.87. The van der Waals surface area contributed by atoms with Gasteiger partial charge in [-0.1, -0.05) is 45.4 Å². The maximum absolute atomic E-state index is 12.1. The van der Waals surface area contributed by atoms with Crippen molar-refractivity contribution in [3.05, 3.63) is 34.9 Å². The quantitative estimate of drug-likeness (QED) is 0.865. The molecule has 0 aromatic heterocycles. The van der Waals surface area contributed by atoms with Crippen molar-refractivity contribution in [3.63, 3.8) is 0 Å². The topological polar surface area (TPSA) is 40.5 Å². The van der Waals surface area contributed by atoms with Crippen LogP contribution in [-0.4, -0.2) is 15.9 Å². The van der Waals surface area contributed by atoms with Crippen LogP contribution in [0.25, 0.3) is 0 Å². The van der Waals surface area contributed by atoms with Gasteiger partial charge in [0.05, 0.1) is 6.10 Å². The van der Waals surface area contributed by atoms with E-state index < -0.39 is 6.10 Å². The Morgan fingerprint density at radius 1 is 1.29 bits per heavy atom. The van der Waals surface area contributed by atoms with Gasteiger partial charge in [-0.05, 0) is 35.4 Å². The first kappa shape index (κ1) is 16.0. The number of carbonyl (C=O) groups excluding carboxylic acids is 1. The highest BCUT2D eigenvalue weighted by Gasteiger charge is 2.23. The summed E-state index contributed by atoms with van der Waals surface area (Å²) in [5, 5.41) is 10.2. The molecule has 3 heteroatoms. The van der Waals surface area contributed by atoms with E-state index in [-0.39, 0.29) is 5.91 Å². The number of aliphatic hydroxyl groups is 1. The largest absolute Gasteiger partial charge is 0.388 e. The summed E-state index contributed by atoms with van der Waals surface area (Å²) in [6.07, 6.45) is 3.04. The number of hydrogen-bond acceptors (Lipinski definition) is 2.